The number of rotatable bonds is 17. The van der Waals surface area contributed by atoms with E-state index in [1.165, 1.54) is 6.20 Å². The standard InChI is InChI=1S/C45H51N5O6/c1-30(2)44(51)54-22-10-6-5-9-21-53-38-18-17-33-25-35(16-15-34(33)26-38)45(52)56-42-20-14-32(24-40(42)48-4)29-55-41-19-13-31(3)23-37(41)28-49-50-43(47)39-12-8-7-11-36(39)27-46/h7-8,11-12,14-18,20,24-28,31,37,41,50H,1,5-6,9-10,13,19,21-23,29,46-47H2,2-3H3/b36-27-,43-39+,49-28+/t31?,37?,41-/m0/s1. The van der Waals surface area contributed by atoms with Crippen molar-refractivity contribution in [2.75, 3.05) is 13.2 Å². The van der Waals surface area contributed by atoms with Gasteiger partial charge in [0.25, 0.3) is 0 Å². The zero-order valence-electron chi connectivity index (χ0n) is 32.2. The number of nitrogens with two attached hydrogens (primary N) is 2. The van der Waals surface area contributed by atoms with Crippen LogP contribution in [0.2, 0.25) is 0 Å². The van der Waals surface area contributed by atoms with E-state index >= 15 is 0 Å². The van der Waals surface area contributed by atoms with Crippen molar-refractivity contribution in [1.29, 1.82) is 0 Å². The maximum Gasteiger partial charge on any atom is 0.342 e. The molecule has 1 aliphatic carbocycles. The summed E-state index contributed by atoms with van der Waals surface area (Å²) in [5.74, 6) is 1.05. The number of carbonyl (C=O) groups excluding carboxylic acids is 2. The number of carbonyl (C=O) groups is 2. The summed E-state index contributed by atoms with van der Waals surface area (Å²) in [6.07, 6.45) is 9.76. The highest BCUT2D eigenvalue weighted by atomic mass is 16.5. The molecule has 3 atom stereocenters. The summed E-state index contributed by atoms with van der Waals surface area (Å²) in [6.45, 7) is 16.5. The number of fused-ring (bicyclic) bond motifs is 1. The second kappa shape index (κ2) is 20.5. The van der Waals surface area contributed by atoms with Gasteiger partial charge in [-0.15, -0.1) is 0 Å². The van der Waals surface area contributed by atoms with Gasteiger partial charge in [0, 0.05) is 34.3 Å². The molecule has 5 N–H and O–H groups in total. The van der Waals surface area contributed by atoms with Gasteiger partial charge >= 0.3 is 11.9 Å². The molecule has 4 aromatic rings. The molecule has 0 bridgehead atoms. The first kappa shape index (κ1) is 41.1. The molecule has 0 saturated heterocycles. The van der Waals surface area contributed by atoms with Crippen molar-refractivity contribution in [2.45, 2.75) is 71.5 Å². The first-order valence-corrected chi connectivity index (χ1v) is 19.0. The topological polar surface area (TPSA) is 152 Å². The highest BCUT2D eigenvalue weighted by Crippen LogP contribution is 2.33. The van der Waals surface area contributed by atoms with Crippen molar-refractivity contribution in [3.63, 3.8) is 0 Å². The third-order valence-corrected chi connectivity index (χ3v) is 9.72. The number of nitrogens with zero attached hydrogens (tertiary/aromatic N) is 2. The van der Waals surface area contributed by atoms with Gasteiger partial charge < -0.3 is 30.4 Å². The van der Waals surface area contributed by atoms with E-state index in [4.69, 9.17) is 37.0 Å². The highest BCUT2D eigenvalue weighted by molar-refractivity contribution is 5.97. The van der Waals surface area contributed by atoms with Crippen molar-refractivity contribution in [3.8, 4) is 11.5 Å². The van der Waals surface area contributed by atoms with E-state index in [2.05, 4.69) is 28.9 Å². The Balaban J connectivity index is 1.12. The van der Waals surface area contributed by atoms with Crippen LogP contribution in [0.5, 0.6) is 11.5 Å². The van der Waals surface area contributed by atoms with Crippen LogP contribution in [0.25, 0.3) is 27.6 Å². The van der Waals surface area contributed by atoms with E-state index in [0.717, 1.165) is 77.5 Å². The lowest BCUT2D eigenvalue weighted by Crippen LogP contribution is -2.35. The van der Waals surface area contributed by atoms with Crippen LogP contribution in [0.4, 0.5) is 5.69 Å². The largest absolute Gasteiger partial charge is 0.494 e. The van der Waals surface area contributed by atoms with Crippen molar-refractivity contribution in [2.24, 2.45) is 28.4 Å². The predicted octanol–water partition coefficient (Wildman–Crippen LogP) is 6.99. The Morgan fingerprint density at radius 1 is 0.982 bits per heavy atom. The Labute approximate surface area is 328 Å². The molecule has 56 heavy (non-hydrogen) atoms. The predicted molar refractivity (Wildman–Crippen MR) is 220 cm³/mol. The van der Waals surface area contributed by atoms with Crippen LogP contribution in [0.3, 0.4) is 0 Å². The highest BCUT2D eigenvalue weighted by Gasteiger charge is 2.28. The summed E-state index contributed by atoms with van der Waals surface area (Å²) in [5, 5.41) is 7.83. The van der Waals surface area contributed by atoms with Crippen LogP contribution < -0.4 is 36.8 Å². The smallest absolute Gasteiger partial charge is 0.342 e. The zero-order chi connectivity index (χ0) is 39.9. The molecule has 2 unspecified atom stereocenters. The van der Waals surface area contributed by atoms with E-state index in [1.807, 2.05) is 60.8 Å². The molecule has 0 radical (unpaired) electrons. The van der Waals surface area contributed by atoms with Crippen LogP contribution in [-0.2, 0) is 20.9 Å². The van der Waals surface area contributed by atoms with Crippen molar-refractivity contribution >= 4 is 46.6 Å². The van der Waals surface area contributed by atoms with Gasteiger partial charge in [-0.3, -0.25) is 5.43 Å². The number of esters is 2. The number of ether oxygens (including phenoxy) is 4. The summed E-state index contributed by atoms with van der Waals surface area (Å²) in [5.41, 5.74) is 16.8. The van der Waals surface area contributed by atoms with Crippen molar-refractivity contribution in [3.05, 3.63) is 124 Å². The van der Waals surface area contributed by atoms with E-state index in [1.54, 1.807) is 31.2 Å². The average Bonchev–Trinajstić information content (AvgIpc) is 3.21. The monoisotopic (exact) mass is 757 g/mol. The SMILES string of the molecule is [C-]#[N+]c1cc(CO[C@H]2CCC(C)CC2/C=N/N/C(N)=c2\cccc\c2=C\N)ccc1OC(=O)c1ccc2cc(OCCCCCCOC(=O)C(=C)C)ccc2c1. The van der Waals surface area contributed by atoms with Crippen LogP contribution in [0.15, 0.2) is 96.1 Å². The number of hydrogen-bond donors (Lipinski definition) is 3. The average molecular weight is 758 g/mol. The fourth-order valence-corrected chi connectivity index (χ4v) is 6.58. The fourth-order valence-electron chi connectivity index (χ4n) is 6.58. The van der Waals surface area contributed by atoms with Crippen LogP contribution in [-0.4, -0.2) is 37.5 Å². The lowest BCUT2D eigenvalue weighted by molar-refractivity contribution is -0.139. The van der Waals surface area contributed by atoms with Gasteiger partial charge in [-0.1, -0.05) is 56.0 Å². The van der Waals surface area contributed by atoms with E-state index < -0.39 is 5.97 Å². The molecule has 1 fully saturated rings. The molecule has 0 amide bonds. The second-order valence-corrected chi connectivity index (χ2v) is 14.2. The summed E-state index contributed by atoms with van der Waals surface area (Å²) in [6, 6.07) is 23.8. The minimum atomic E-state index is -0.551. The second-order valence-electron chi connectivity index (χ2n) is 14.2. The molecule has 5 rings (SSSR count). The molecule has 0 aromatic heterocycles. The minimum absolute atomic E-state index is 0.0603. The first-order valence-electron chi connectivity index (χ1n) is 19.0. The molecular formula is C45H51N5O6. The van der Waals surface area contributed by atoms with E-state index in [9.17, 15) is 9.59 Å². The molecule has 4 aromatic carbocycles. The number of benzene rings is 4. The first-order chi connectivity index (χ1) is 27.1. The summed E-state index contributed by atoms with van der Waals surface area (Å²) in [4.78, 5) is 28.3. The Morgan fingerprint density at radius 3 is 2.54 bits per heavy atom. The summed E-state index contributed by atoms with van der Waals surface area (Å²) >= 11 is 0. The maximum absolute atomic E-state index is 13.2. The van der Waals surface area contributed by atoms with Crippen molar-refractivity contribution in [1.82, 2.24) is 5.43 Å². The molecule has 0 heterocycles. The van der Waals surface area contributed by atoms with Gasteiger partial charge in [0.1, 0.15) is 17.3 Å². The molecule has 1 saturated carbocycles. The van der Waals surface area contributed by atoms with E-state index in [0.29, 0.717) is 42.7 Å². The fraction of sp³-hybridized carbons (Fsp3) is 0.333. The molecule has 11 heteroatoms. The third-order valence-electron chi connectivity index (χ3n) is 9.72. The van der Waals surface area contributed by atoms with E-state index in [-0.39, 0.29) is 29.4 Å². The lowest BCUT2D eigenvalue weighted by Gasteiger charge is -2.32. The van der Waals surface area contributed by atoms with Gasteiger partial charge in [-0.05, 0) is 111 Å². The van der Waals surface area contributed by atoms with Gasteiger partial charge in [0.15, 0.2) is 0 Å². The maximum atomic E-state index is 13.2. The number of nitrogens with one attached hydrogen (secondary N) is 1. The molecule has 0 aliphatic heterocycles. The molecule has 292 valence electrons. The Kier molecular flexibility index (Phi) is 15.0. The number of unbranched alkanes of at least 4 members (excludes halogenated alkanes) is 3. The quantitative estimate of drug-likeness (QED) is 0.0197. The van der Waals surface area contributed by atoms with Gasteiger partial charge in [-0.2, -0.15) is 5.10 Å². The van der Waals surface area contributed by atoms with Gasteiger partial charge in [-0.25, -0.2) is 14.4 Å². The minimum Gasteiger partial charge on any atom is -0.494 e. The Morgan fingerprint density at radius 2 is 1.75 bits per heavy atom. The lowest BCUT2D eigenvalue weighted by atomic mass is 9.81. The number of hydrazone groups is 1. The van der Waals surface area contributed by atoms with Crippen LogP contribution in [0, 0.1) is 18.4 Å². The molecule has 0 spiro atoms. The normalized spacial score (nSPS) is 17.6. The van der Waals surface area contributed by atoms with Gasteiger partial charge in [0.2, 0.25) is 5.69 Å². The van der Waals surface area contributed by atoms with Crippen LogP contribution >= 0.6 is 0 Å². The summed E-state index contributed by atoms with van der Waals surface area (Å²) in [7, 11) is 0. The summed E-state index contributed by atoms with van der Waals surface area (Å²) < 4.78 is 23.2. The van der Waals surface area contributed by atoms with Crippen LogP contribution in [0.1, 0.15) is 74.7 Å². The molecule has 11 nitrogen and oxygen atoms in total. The number of hydrogen-bond acceptors (Lipinski definition) is 10. The molecular weight excluding hydrogens is 707 g/mol. The zero-order valence-corrected chi connectivity index (χ0v) is 32.2. The van der Waals surface area contributed by atoms with Gasteiger partial charge in [0.05, 0.1) is 38.1 Å². The third kappa shape index (κ3) is 11.7. The van der Waals surface area contributed by atoms with Crippen molar-refractivity contribution < 1.29 is 28.5 Å². The Bertz CT molecular complexity index is 2210. The Hall–Kier alpha value is -6.12. The molecule has 1 aliphatic rings.